The van der Waals surface area contributed by atoms with Crippen molar-refractivity contribution in [2.45, 2.75) is 63.2 Å². The maximum atomic E-state index is 12.9. The highest BCUT2D eigenvalue weighted by Crippen LogP contribution is 2.25. The van der Waals surface area contributed by atoms with Gasteiger partial charge in [0.25, 0.3) is 5.91 Å². The van der Waals surface area contributed by atoms with Crippen LogP contribution in [-0.2, 0) is 14.8 Å². The molecule has 2 aliphatic rings. The maximum Gasteiger partial charge on any atom is 0.254 e. The Morgan fingerprint density at radius 3 is 2.23 bits per heavy atom. The Balaban J connectivity index is 1.76. The van der Waals surface area contributed by atoms with Crippen LogP contribution >= 0.6 is 0 Å². The topological polar surface area (TPSA) is 66.9 Å². The van der Waals surface area contributed by atoms with Gasteiger partial charge in [-0.3, -0.25) is 4.79 Å². The summed E-state index contributed by atoms with van der Waals surface area (Å²) in [5.74, 6) is -0.0812. The van der Waals surface area contributed by atoms with Gasteiger partial charge in [-0.1, -0.05) is 6.42 Å². The standard InChI is InChI=1S/C19H28N2O4S/c1-14-6-4-5-11-21(14)26(23,24)18-9-7-17(8-10-18)19(22)20-12-15(2)25-16(3)13-20/h7-10,14-16H,4-6,11-13H2,1-3H3. The van der Waals surface area contributed by atoms with E-state index >= 15 is 0 Å². The third-order valence-electron chi connectivity index (χ3n) is 5.16. The van der Waals surface area contributed by atoms with Gasteiger partial charge < -0.3 is 9.64 Å². The molecule has 26 heavy (non-hydrogen) atoms. The SMILES string of the molecule is CC1CN(C(=O)c2ccc(S(=O)(=O)N3CCCCC3C)cc2)CC(C)O1. The Hall–Kier alpha value is -1.44. The van der Waals surface area contributed by atoms with Crippen LogP contribution in [-0.4, -0.2) is 61.4 Å². The van der Waals surface area contributed by atoms with E-state index in [2.05, 4.69) is 0 Å². The Morgan fingerprint density at radius 1 is 1.04 bits per heavy atom. The summed E-state index contributed by atoms with van der Waals surface area (Å²) in [6, 6.07) is 6.36. The molecule has 3 atom stereocenters. The van der Waals surface area contributed by atoms with Crippen molar-refractivity contribution in [2.24, 2.45) is 0 Å². The van der Waals surface area contributed by atoms with E-state index in [0.717, 1.165) is 19.3 Å². The molecule has 3 unspecified atom stereocenters. The van der Waals surface area contributed by atoms with Gasteiger partial charge >= 0.3 is 0 Å². The van der Waals surface area contributed by atoms with Gasteiger partial charge in [-0.25, -0.2) is 8.42 Å². The molecule has 1 aromatic rings. The highest BCUT2D eigenvalue weighted by atomic mass is 32.2. The van der Waals surface area contributed by atoms with Crippen molar-refractivity contribution in [2.75, 3.05) is 19.6 Å². The fourth-order valence-corrected chi connectivity index (χ4v) is 5.56. The van der Waals surface area contributed by atoms with Crippen molar-refractivity contribution in [3.63, 3.8) is 0 Å². The largest absolute Gasteiger partial charge is 0.372 e. The summed E-state index contributed by atoms with van der Waals surface area (Å²) in [6.45, 7) is 7.52. The third kappa shape index (κ3) is 3.94. The molecule has 1 aromatic carbocycles. The molecular weight excluding hydrogens is 352 g/mol. The third-order valence-corrected chi connectivity index (χ3v) is 7.18. The predicted octanol–water partition coefficient (Wildman–Crippen LogP) is 2.50. The number of rotatable bonds is 3. The van der Waals surface area contributed by atoms with Crippen LogP contribution in [0.1, 0.15) is 50.4 Å². The van der Waals surface area contributed by atoms with Gasteiger partial charge in [-0.2, -0.15) is 4.31 Å². The molecule has 2 aliphatic heterocycles. The zero-order chi connectivity index (χ0) is 18.9. The number of morpholine rings is 1. The first-order valence-electron chi connectivity index (χ1n) is 9.35. The Labute approximate surface area is 156 Å². The van der Waals surface area contributed by atoms with Gasteiger partial charge in [0.1, 0.15) is 0 Å². The van der Waals surface area contributed by atoms with Gasteiger partial charge in [0.15, 0.2) is 0 Å². The first kappa shape index (κ1) is 19.3. The average Bonchev–Trinajstić information content (AvgIpc) is 2.60. The minimum Gasteiger partial charge on any atom is -0.372 e. The number of benzene rings is 1. The average molecular weight is 381 g/mol. The van der Waals surface area contributed by atoms with E-state index in [1.165, 1.54) is 0 Å². The molecule has 0 saturated carbocycles. The van der Waals surface area contributed by atoms with E-state index < -0.39 is 10.0 Å². The summed E-state index contributed by atoms with van der Waals surface area (Å²) >= 11 is 0. The number of amides is 1. The normalized spacial score (nSPS) is 28.1. The van der Waals surface area contributed by atoms with Gasteiger partial charge in [-0.05, 0) is 57.9 Å². The van der Waals surface area contributed by atoms with Crippen molar-refractivity contribution >= 4 is 15.9 Å². The summed E-state index contributed by atoms with van der Waals surface area (Å²) < 4.78 is 33.0. The molecule has 0 radical (unpaired) electrons. The molecule has 0 bridgehead atoms. The highest BCUT2D eigenvalue weighted by Gasteiger charge is 2.31. The van der Waals surface area contributed by atoms with Crippen LogP contribution in [0.4, 0.5) is 0 Å². The van der Waals surface area contributed by atoms with E-state index in [9.17, 15) is 13.2 Å². The summed E-state index contributed by atoms with van der Waals surface area (Å²) in [7, 11) is -3.51. The predicted molar refractivity (Wildman–Crippen MR) is 99.6 cm³/mol. The van der Waals surface area contributed by atoms with Crippen molar-refractivity contribution in [1.29, 1.82) is 0 Å². The maximum absolute atomic E-state index is 12.9. The quantitative estimate of drug-likeness (QED) is 0.808. The molecule has 0 aliphatic carbocycles. The lowest BCUT2D eigenvalue weighted by Crippen LogP contribution is -2.48. The van der Waals surface area contributed by atoms with Gasteiger partial charge in [0.2, 0.25) is 10.0 Å². The van der Waals surface area contributed by atoms with Crippen molar-refractivity contribution < 1.29 is 17.9 Å². The van der Waals surface area contributed by atoms with Crippen LogP contribution in [0, 0.1) is 0 Å². The van der Waals surface area contributed by atoms with Gasteiger partial charge in [0, 0.05) is 31.2 Å². The van der Waals surface area contributed by atoms with Crippen molar-refractivity contribution in [1.82, 2.24) is 9.21 Å². The number of ether oxygens (including phenoxy) is 1. The lowest BCUT2D eigenvalue weighted by atomic mass is 10.1. The molecule has 2 saturated heterocycles. The van der Waals surface area contributed by atoms with E-state index in [0.29, 0.717) is 25.2 Å². The number of hydrogen-bond donors (Lipinski definition) is 0. The number of hydrogen-bond acceptors (Lipinski definition) is 4. The van der Waals surface area contributed by atoms with E-state index in [4.69, 9.17) is 4.74 Å². The number of carbonyl (C=O) groups is 1. The first-order chi connectivity index (χ1) is 12.3. The zero-order valence-electron chi connectivity index (χ0n) is 15.7. The molecule has 6 nitrogen and oxygen atoms in total. The second kappa shape index (κ2) is 7.66. The number of nitrogens with zero attached hydrogens (tertiary/aromatic N) is 2. The summed E-state index contributed by atoms with van der Waals surface area (Å²) in [4.78, 5) is 14.7. The Morgan fingerprint density at radius 2 is 1.65 bits per heavy atom. The first-order valence-corrected chi connectivity index (χ1v) is 10.8. The van der Waals surface area contributed by atoms with Crippen LogP contribution in [0.15, 0.2) is 29.2 Å². The highest BCUT2D eigenvalue weighted by molar-refractivity contribution is 7.89. The van der Waals surface area contributed by atoms with E-state index in [-0.39, 0.29) is 29.1 Å². The molecule has 3 rings (SSSR count). The summed E-state index contributed by atoms with van der Waals surface area (Å²) in [5.41, 5.74) is 0.511. The number of carbonyl (C=O) groups excluding carboxylic acids is 1. The minimum absolute atomic E-state index is 0.00272. The number of piperidine rings is 1. The zero-order valence-corrected chi connectivity index (χ0v) is 16.5. The second-order valence-electron chi connectivity index (χ2n) is 7.45. The summed E-state index contributed by atoms with van der Waals surface area (Å²) in [5, 5.41) is 0. The van der Waals surface area contributed by atoms with Crippen molar-refractivity contribution in [3.05, 3.63) is 29.8 Å². The van der Waals surface area contributed by atoms with Gasteiger partial charge in [0.05, 0.1) is 17.1 Å². The molecule has 0 N–H and O–H groups in total. The van der Waals surface area contributed by atoms with Gasteiger partial charge in [-0.15, -0.1) is 0 Å². The molecule has 0 spiro atoms. The number of sulfonamides is 1. The lowest BCUT2D eigenvalue weighted by Gasteiger charge is -2.35. The fraction of sp³-hybridized carbons (Fsp3) is 0.632. The second-order valence-corrected chi connectivity index (χ2v) is 9.34. The minimum atomic E-state index is -3.51. The molecule has 2 heterocycles. The molecule has 7 heteroatoms. The molecule has 0 aromatic heterocycles. The van der Waals surface area contributed by atoms with Crippen LogP contribution in [0.3, 0.4) is 0 Å². The smallest absolute Gasteiger partial charge is 0.254 e. The Kier molecular flexibility index (Phi) is 5.69. The van der Waals surface area contributed by atoms with Crippen LogP contribution < -0.4 is 0 Å². The van der Waals surface area contributed by atoms with Crippen LogP contribution in [0.5, 0.6) is 0 Å². The lowest BCUT2D eigenvalue weighted by molar-refractivity contribution is -0.0586. The molecule has 1 amide bonds. The van der Waals surface area contributed by atoms with Crippen molar-refractivity contribution in [3.8, 4) is 0 Å². The molecular formula is C19H28N2O4S. The van der Waals surface area contributed by atoms with E-state index in [1.807, 2.05) is 20.8 Å². The van der Waals surface area contributed by atoms with E-state index in [1.54, 1.807) is 33.5 Å². The fourth-order valence-electron chi connectivity index (χ4n) is 3.86. The summed E-state index contributed by atoms with van der Waals surface area (Å²) in [6.07, 6.45) is 2.86. The Bertz CT molecular complexity index is 737. The molecule has 144 valence electrons. The van der Waals surface area contributed by atoms with Crippen LogP contribution in [0.2, 0.25) is 0 Å². The van der Waals surface area contributed by atoms with Crippen LogP contribution in [0.25, 0.3) is 0 Å². The monoisotopic (exact) mass is 380 g/mol. The molecule has 2 fully saturated rings.